The molecule has 8 heteroatoms. The first-order valence-corrected chi connectivity index (χ1v) is 11.4. The van der Waals surface area contributed by atoms with Crippen LogP contribution < -0.4 is 15.1 Å². The van der Waals surface area contributed by atoms with Crippen molar-refractivity contribution >= 4 is 35.0 Å². The Kier molecular flexibility index (Phi) is 7.05. The molecular weight excluding hydrogens is 428 g/mol. The van der Waals surface area contributed by atoms with E-state index in [9.17, 15) is 9.59 Å². The third-order valence-electron chi connectivity index (χ3n) is 6.24. The molecule has 0 aromatic heterocycles. The van der Waals surface area contributed by atoms with E-state index in [2.05, 4.69) is 15.1 Å². The molecule has 2 aromatic rings. The van der Waals surface area contributed by atoms with Crippen molar-refractivity contribution in [2.24, 2.45) is 0 Å². The van der Waals surface area contributed by atoms with E-state index in [1.54, 1.807) is 0 Å². The number of piperazine rings is 1. The van der Waals surface area contributed by atoms with Crippen molar-refractivity contribution in [2.45, 2.75) is 18.9 Å². The smallest absolute Gasteiger partial charge is 0.407 e. The summed E-state index contributed by atoms with van der Waals surface area (Å²) < 4.78 is 4.70. The van der Waals surface area contributed by atoms with Crippen molar-refractivity contribution in [1.82, 2.24) is 10.2 Å². The van der Waals surface area contributed by atoms with E-state index in [1.807, 2.05) is 53.4 Å². The zero-order valence-corrected chi connectivity index (χ0v) is 19.1. The highest BCUT2D eigenvalue weighted by molar-refractivity contribution is 6.30. The molecule has 2 heterocycles. The van der Waals surface area contributed by atoms with Crippen molar-refractivity contribution < 1.29 is 14.3 Å². The molecule has 0 spiro atoms. The van der Waals surface area contributed by atoms with Crippen LogP contribution in [0.1, 0.15) is 23.2 Å². The average Bonchev–Trinajstić information content (AvgIpc) is 2.84. The molecule has 1 N–H and O–H groups in total. The van der Waals surface area contributed by atoms with Gasteiger partial charge in [0.1, 0.15) is 0 Å². The summed E-state index contributed by atoms with van der Waals surface area (Å²) in [5.41, 5.74) is 2.84. The molecule has 0 unspecified atom stereocenters. The predicted molar refractivity (Wildman–Crippen MR) is 127 cm³/mol. The molecular formula is C24H29ClN4O3. The molecule has 170 valence electrons. The Morgan fingerprint density at radius 1 is 0.906 bits per heavy atom. The molecule has 0 bridgehead atoms. The molecule has 32 heavy (non-hydrogen) atoms. The van der Waals surface area contributed by atoms with E-state index in [4.69, 9.17) is 16.3 Å². The Morgan fingerprint density at radius 2 is 1.56 bits per heavy atom. The summed E-state index contributed by atoms with van der Waals surface area (Å²) >= 11 is 6.00. The Labute approximate surface area is 193 Å². The Balaban J connectivity index is 1.38. The lowest BCUT2D eigenvalue weighted by atomic mass is 10.0. The molecule has 2 amide bonds. The van der Waals surface area contributed by atoms with Crippen LogP contribution in [0.2, 0.25) is 5.02 Å². The minimum Gasteiger partial charge on any atom is -0.453 e. The first kappa shape index (κ1) is 22.3. The van der Waals surface area contributed by atoms with E-state index < -0.39 is 6.09 Å². The topological polar surface area (TPSA) is 65.1 Å². The van der Waals surface area contributed by atoms with Crippen LogP contribution >= 0.6 is 11.6 Å². The summed E-state index contributed by atoms with van der Waals surface area (Å²) in [6, 6.07) is 15.8. The fraction of sp³-hybridized carbons (Fsp3) is 0.417. The summed E-state index contributed by atoms with van der Waals surface area (Å²) in [7, 11) is 1.38. The fourth-order valence-electron chi connectivity index (χ4n) is 4.41. The van der Waals surface area contributed by atoms with Gasteiger partial charge in [0.05, 0.1) is 12.7 Å². The number of piperidine rings is 1. The van der Waals surface area contributed by atoms with E-state index in [0.29, 0.717) is 13.1 Å². The van der Waals surface area contributed by atoms with Crippen molar-refractivity contribution in [1.29, 1.82) is 0 Å². The summed E-state index contributed by atoms with van der Waals surface area (Å²) in [5, 5.41) is 3.60. The first-order chi connectivity index (χ1) is 15.5. The van der Waals surface area contributed by atoms with Gasteiger partial charge in [0.25, 0.3) is 5.91 Å². The number of methoxy groups -OCH3 is 1. The van der Waals surface area contributed by atoms with E-state index in [-0.39, 0.29) is 11.9 Å². The second-order valence-corrected chi connectivity index (χ2v) is 8.61. The molecule has 2 saturated heterocycles. The molecule has 0 saturated carbocycles. The Hall–Kier alpha value is -2.93. The predicted octanol–water partition coefficient (Wildman–Crippen LogP) is 3.63. The number of carbonyl (C=O) groups is 2. The molecule has 0 aliphatic carbocycles. The maximum Gasteiger partial charge on any atom is 0.407 e. The number of alkyl carbamates (subject to hydrolysis) is 1. The highest BCUT2D eigenvalue weighted by Crippen LogP contribution is 2.27. The lowest BCUT2D eigenvalue weighted by Gasteiger charge is -2.38. The van der Waals surface area contributed by atoms with Crippen LogP contribution in [-0.2, 0) is 4.74 Å². The van der Waals surface area contributed by atoms with Crippen molar-refractivity contribution in [2.75, 3.05) is 56.2 Å². The third-order valence-corrected chi connectivity index (χ3v) is 6.49. The molecule has 0 atom stereocenters. The number of amides is 2. The molecule has 4 rings (SSSR count). The number of anilines is 2. The first-order valence-electron chi connectivity index (χ1n) is 11.0. The Bertz CT molecular complexity index is 937. The van der Waals surface area contributed by atoms with Crippen LogP contribution in [0.5, 0.6) is 0 Å². The third kappa shape index (κ3) is 5.10. The maximum absolute atomic E-state index is 13.4. The van der Waals surface area contributed by atoms with Crippen LogP contribution in [0.15, 0.2) is 48.5 Å². The number of nitrogens with one attached hydrogen (secondary N) is 1. The standard InChI is InChI=1S/C24H29ClN4O3/c1-32-24(31)26-19-10-12-28(13-11-19)22-5-3-2-4-21(22)23(30)29-16-14-27(15-17-29)20-8-6-18(25)7-9-20/h2-9,19H,10-17H2,1H3,(H,26,31). The quantitative estimate of drug-likeness (QED) is 0.761. The zero-order chi connectivity index (χ0) is 22.5. The molecule has 0 radical (unpaired) electrons. The number of halogens is 1. The number of hydrogen-bond acceptors (Lipinski definition) is 5. The van der Waals surface area contributed by atoms with Crippen molar-refractivity contribution in [3.8, 4) is 0 Å². The molecule has 2 aliphatic rings. The Morgan fingerprint density at radius 3 is 2.22 bits per heavy atom. The minimum atomic E-state index is -0.392. The number of hydrogen-bond donors (Lipinski definition) is 1. The van der Waals surface area contributed by atoms with Gasteiger partial charge in [0, 0.05) is 61.7 Å². The number of nitrogens with zero attached hydrogens (tertiary/aromatic N) is 3. The molecule has 2 fully saturated rings. The van der Waals surface area contributed by atoms with Gasteiger partial charge in [-0.25, -0.2) is 4.79 Å². The van der Waals surface area contributed by atoms with Crippen molar-refractivity contribution in [3.05, 3.63) is 59.1 Å². The van der Waals surface area contributed by atoms with Gasteiger partial charge in [-0.2, -0.15) is 0 Å². The zero-order valence-electron chi connectivity index (χ0n) is 18.3. The molecule has 2 aromatic carbocycles. The van der Waals surface area contributed by atoms with Gasteiger partial charge in [-0.15, -0.1) is 0 Å². The minimum absolute atomic E-state index is 0.0752. The van der Waals surface area contributed by atoms with Crippen LogP contribution in [0.3, 0.4) is 0 Å². The van der Waals surface area contributed by atoms with E-state index >= 15 is 0 Å². The molecule has 2 aliphatic heterocycles. The summed E-state index contributed by atoms with van der Waals surface area (Å²) in [6.07, 6.45) is 1.24. The number of para-hydroxylation sites is 1. The van der Waals surface area contributed by atoms with Crippen molar-refractivity contribution in [3.63, 3.8) is 0 Å². The van der Waals surface area contributed by atoms with Crippen LogP contribution in [0, 0.1) is 0 Å². The van der Waals surface area contributed by atoms with Gasteiger partial charge in [0.15, 0.2) is 0 Å². The van der Waals surface area contributed by atoms with Gasteiger partial charge in [-0.1, -0.05) is 23.7 Å². The van der Waals surface area contributed by atoms with Gasteiger partial charge < -0.3 is 24.8 Å². The average molecular weight is 457 g/mol. The second-order valence-electron chi connectivity index (χ2n) is 8.17. The number of carbonyl (C=O) groups excluding carboxylic acids is 2. The van der Waals surface area contributed by atoms with Crippen LogP contribution in [-0.4, -0.2) is 69.3 Å². The fourth-order valence-corrected chi connectivity index (χ4v) is 4.54. The number of ether oxygens (including phenoxy) is 1. The van der Waals surface area contributed by atoms with Crippen LogP contribution in [0.4, 0.5) is 16.2 Å². The highest BCUT2D eigenvalue weighted by atomic mass is 35.5. The van der Waals surface area contributed by atoms with E-state index in [1.165, 1.54) is 7.11 Å². The summed E-state index contributed by atoms with van der Waals surface area (Å²) in [5.74, 6) is 0.0752. The highest BCUT2D eigenvalue weighted by Gasteiger charge is 2.27. The largest absolute Gasteiger partial charge is 0.453 e. The number of rotatable bonds is 4. The van der Waals surface area contributed by atoms with Gasteiger partial charge in [-0.3, -0.25) is 4.79 Å². The lowest BCUT2D eigenvalue weighted by molar-refractivity contribution is 0.0747. The summed E-state index contributed by atoms with van der Waals surface area (Å²) in [4.78, 5) is 31.3. The maximum atomic E-state index is 13.4. The van der Waals surface area contributed by atoms with Crippen LogP contribution in [0.25, 0.3) is 0 Å². The molecule has 7 nitrogen and oxygen atoms in total. The lowest BCUT2D eigenvalue weighted by Crippen LogP contribution is -2.49. The van der Waals surface area contributed by atoms with E-state index in [0.717, 1.165) is 61.0 Å². The van der Waals surface area contributed by atoms with Gasteiger partial charge in [-0.05, 0) is 49.2 Å². The number of benzene rings is 2. The monoisotopic (exact) mass is 456 g/mol. The normalized spacial score (nSPS) is 17.2. The summed E-state index contributed by atoms with van der Waals surface area (Å²) in [6.45, 7) is 4.51. The second kappa shape index (κ2) is 10.1. The van der Waals surface area contributed by atoms with Gasteiger partial charge >= 0.3 is 6.09 Å². The SMILES string of the molecule is COC(=O)NC1CCN(c2ccccc2C(=O)N2CCN(c3ccc(Cl)cc3)CC2)CC1. The van der Waals surface area contributed by atoms with Gasteiger partial charge in [0.2, 0.25) is 0 Å².